The molecule has 0 spiro atoms. The van der Waals surface area contributed by atoms with Crippen molar-refractivity contribution in [2.24, 2.45) is 0 Å². The van der Waals surface area contributed by atoms with Crippen molar-refractivity contribution < 1.29 is 14.2 Å². The predicted molar refractivity (Wildman–Crippen MR) is 85.3 cm³/mol. The van der Waals surface area contributed by atoms with E-state index in [0.29, 0.717) is 47.8 Å². The molecule has 118 valence electrons. The number of rotatable bonds is 3. The Balaban J connectivity index is 2.41. The van der Waals surface area contributed by atoms with E-state index in [4.69, 9.17) is 19.9 Å². The van der Waals surface area contributed by atoms with Crippen molar-refractivity contribution in [3.63, 3.8) is 0 Å². The first-order valence-corrected chi connectivity index (χ1v) is 7.21. The van der Waals surface area contributed by atoms with Gasteiger partial charge < -0.3 is 19.9 Å². The third-order valence-electron chi connectivity index (χ3n) is 3.93. The molecule has 0 bridgehead atoms. The molecule has 0 unspecified atom stereocenters. The number of methoxy groups -OCH3 is 2. The number of fused-ring (bicyclic) bond motifs is 1. The lowest BCUT2D eigenvalue weighted by Crippen LogP contribution is -2.16. The van der Waals surface area contributed by atoms with Crippen LogP contribution in [0.3, 0.4) is 0 Å². The Labute approximate surface area is 134 Å². The largest absolute Gasteiger partial charge is 0.496 e. The maximum absolute atomic E-state index is 9.60. The second-order valence-electron chi connectivity index (χ2n) is 5.12. The Hall–Kier alpha value is -2.78. The number of anilines is 1. The van der Waals surface area contributed by atoms with E-state index in [0.717, 1.165) is 11.3 Å². The first kappa shape index (κ1) is 15.1. The van der Waals surface area contributed by atoms with Gasteiger partial charge in [0.1, 0.15) is 28.9 Å². The van der Waals surface area contributed by atoms with E-state index in [2.05, 4.69) is 11.1 Å². The molecule has 1 aliphatic heterocycles. The number of nitrogens with zero attached hydrogens (tertiary/aromatic N) is 2. The number of hydrogen-bond donors (Lipinski definition) is 1. The van der Waals surface area contributed by atoms with Crippen LogP contribution >= 0.6 is 0 Å². The van der Waals surface area contributed by atoms with Crippen LogP contribution in [0, 0.1) is 11.3 Å². The van der Waals surface area contributed by atoms with Crippen LogP contribution in [0.5, 0.6) is 11.5 Å². The second kappa shape index (κ2) is 6.15. The van der Waals surface area contributed by atoms with E-state index < -0.39 is 0 Å². The number of nitriles is 1. The zero-order valence-electron chi connectivity index (χ0n) is 13.0. The van der Waals surface area contributed by atoms with E-state index in [9.17, 15) is 5.26 Å². The lowest BCUT2D eigenvalue weighted by molar-refractivity contribution is 0.109. The van der Waals surface area contributed by atoms with Crippen molar-refractivity contribution in [3.05, 3.63) is 35.0 Å². The molecule has 6 heteroatoms. The molecule has 1 aromatic heterocycles. The summed E-state index contributed by atoms with van der Waals surface area (Å²) in [6.07, 6.45) is 0.662. The molecule has 2 N–H and O–H groups in total. The highest BCUT2D eigenvalue weighted by Crippen LogP contribution is 2.44. The van der Waals surface area contributed by atoms with Crippen LogP contribution in [-0.2, 0) is 17.8 Å². The van der Waals surface area contributed by atoms with Crippen molar-refractivity contribution in [3.8, 4) is 28.7 Å². The lowest BCUT2D eigenvalue weighted by Gasteiger charge is -2.23. The van der Waals surface area contributed by atoms with Gasteiger partial charge in [-0.1, -0.05) is 6.07 Å². The van der Waals surface area contributed by atoms with Gasteiger partial charge in [0.05, 0.1) is 38.7 Å². The summed E-state index contributed by atoms with van der Waals surface area (Å²) >= 11 is 0. The Kier molecular flexibility index (Phi) is 4.04. The molecule has 0 atom stereocenters. The molecule has 23 heavy (non-hydrogen) atoms. The summed E-state index contributed by atoms with van der Waals surface area (Å²) in [5.41, 5.74) is 9.44. The third-order valence-corrected chi connectivity index (χ3v) is 3.93. The summed E-state index contributed by atoms with van der Waals surface area (Å²) in [5, 5.41) is 9.60. The van der Waals surface area contributed by atoms with Gasteiger partial charge in [0.15, 0.2) is 0 Å². The zero-order chi connectivity index (χ0) is 16.4. The maximum Gasteiger partial charge on any atom is 0.142 e. The molecule has 0 amide bonds. The fourth-order valence-electron chi connectivity index (χ4n) is 2.88. The quantitative estimate of drug-likeness (QED) is 0.935. The summed E-state index contributed by atoms with van der Waals surface area (Å²) in [4.78, 5) is 4.38. The normalized spacial score (nSPS) is 13.1. The van der Waals surface area contributed by atoms with Gasteiger partial charge in [-0.05, 0) is 12.1 Å². The number of nitrogens with two attached hydrogens (primary N) is 1. The Morgan fingerprint density at radius 1 is 1.22 bits per heavy atom. The monoisotopic (exact) mass is 311 g/mol. The summed E-state index contributed by atoms with van der Waals surface area (Å²) in [5.74, 6) is 1.44. The van der Waals surface area contributed by atoms with Gasteiger partial charge in [-0.2, -0.15) is 5.26 Å². The van der Waals surface area contributed by atoms with Crippen LogP contribution in [0.1, 0.15) is 16.8 Å². The summed E-state index contributed by atoms with van der Waals surface area (Å²) in [6, 6.07) is 7.65. The second-order valence-corrected chi connectivity index (χ2v) is 5.12. The molecule has 0 saturated heterocycles. The number of pyridine rings is 1. The average molecular weight is 311 g/mol. The molecular weight excluding hydrogens is 294 g/mol. The lowest BCUT2D eigenvalue weighted by atomic mass is 9.91. The Morgan fingerprint density at radius 2 is 1.91 bits per heavy atom. The standard InChI is InChI=1S/C17H17N3O3/c1-21-13-4-3-5-14(22-2)16(13)15-10(8-18)17(19)20-12-6-7-23-9-11(12)15/h3-5H,6-7,9H2,1-2H3,(H2,19,20). The molecule has 0 aliphatic carbocycles. The van der Waals surface area contributed by atoms with Crippen LogP contribution in [0.4, 0.5) is 5.82 Å². The van der Waals surface area contributed by atoms with Gasteiger partial charge in [0.25, 0.3) is 0 Å². The first-order chi connectivity index (χ1) is 11.2. The molecule has 3 rings (SSSR count). The van der Waals surface area contributed by atoms with Crippen molar-refractivity contribution >= 4 is 5.82 Å². The van der Waals surface area contributed by atoms with Crippen LogP contribution in [0.15, 0.2) is 18.2 Å². The van der Waals surface area contributed by atoms with E-state index >= 15 is 0 Å². The predicted octanol–water partition coefficient (Wildman–Crippen LogP) is 2.29. The summed E-state index contributed by atoms with van der Waals surface area (Å²) < 4.78 is 16.5. The summed E-state index contributed by atoms with van der Waals surface area (Å²) in [7, 11) is 3.16. The number of hydrogen-bond acceptors (Lipinski definition) is 6. The molecule has 0 radical (unpaired) electrons. The Morgan fingerprint density at radius 3 is 2.52 bits per heavy atom. The molecule has 0 saturated carbocycles. The molecule has 0 fully saturated rings. The van der Waals surface area contributed by atoms with E-state index in [1.807, 2.05) is 18.2 Å². The van der Waals surface area contributed by atoms with Crippen molar-refractivity contribution in [1.29, 1.82) is 5.26 Å². The highest BCUT2D eigenvalue weighted by Gasteiger charge is 2.26. The van der Waals surface area contributed by atoms with Crippen molar-refractivity contribution in [2.45, 2.75) is 13.0 Å². The number of ether oxygens (including phenoxy) is 3. The van der Waals surface area contributed by atoms with Gasteiger partial charge in [-0.3, -0.25) is 0 Å². The van der Waals surface area contributed by atoms with Crippen molar-refractivity contribution in [1.82, 2.24) is 4.98 Å². The van der Waals surface area contributed by atoms with Gasteiger partial charge in [0, 0.05) is 17.5 Å². The van der Waals surface area contributed by atoms with E-state index in [-0.39, 0.29) is 5.82 Å². The molecule has 2 aromatic rings. The van der Waals surface area contributed by atoms with Crippen LogP contribution in [0.25, 0.3) is 11.1 Å². The number of aromatic nitrogens is 1. The minimum absolute atomic E-state index is 0.219. The molecule has 2 heterocycles. The van der Waals surface area contributed by atoms with E-state index in [1.54, 1.807) is 14.2 Å². The highest BCUT2D eigenvalue weighted by molar-refractivity contribution is 5.86. The van der Waals surface area contributed by atoms with Gasteiger partial charge in [-0.15, -0.1) is 0 Å². The number of nitrogen functional groups attached to an aromatic ring is 1. The SMILES string of the molecule is COc1cccc(OC)c1-c1c(C#N)c(N)nc2c1COCC2. The third kappa shape index (κ3) is 2.45. The smallest absolute Gasteiger partial charge is 0.142 e. The van der Waals surface area contributed by atoms with Crippen LogP contribution in [0.2, 0.25) is 0 Å². The fraction of sp³-hybridized carbons (Fsp3) is 0.294. The average Bonchev–Trinajstić information content (AvgIpc) is 2.59. The topological polar surface area (TPSA) is 90.4 Å². The fourth-order valence-corrected chi connectivity index (χ4v) is 2.88. The molecular formula is C17H17N3O3. The van der Waals surface area contributed by atoms with Gasteiger partial charge >= 0.3 is 0 Å². The van der Waals surface area contributed by atoms with E-state index in [1.165, 1.54) is 0 Å². The van der Waals surface area contributed by atoms with Crippen LogP contribution < -0.4 is 15.2 Å². The molecule has 1 aromatic carbocycles. The molecule has 6 nitrogen and oxygen atoms in total. The molecule has 1 aliphatic rings. The zero-order valence-corrected chi connectivity index (χ0v) is 13.0. The van der Waals surface area contributed by atoms with Crippen molar-refractivity contribution in [2.75, 3.05) is 26.6 Å². The first-order valence-electron chi connectivity index (χ1n) is 7.21. The minimum atomic E-state index is 0.219. The maximum atomic E-state index is 9.60. The summed E-state index contributed by atoms with van der Waals surface area (Å²) in [6.45, 7) is 0.974. The Bertz CT molecular complexity index is 774. The van der Waals surface area contributed by atoms with Gasteiger partial charge in [0.2, 0.25) is 0 Å². The highest BCUT2D eigenvalue weighted by atomic mass is 16.5. The van der Waals surface area contributed by atoms with Crippen LogP contribution in [-0.4, -0.2) is 25.8 Å². The van der Waals surface area contributed by atoms with Gasteiger partial charge in [-0.25, -0.2) is 4.98 Å². The number of benzene rings is 1. The minimum Gasteiger partial charge on any atom is -0.496 e.